The lowest BCUT2D eigenvalue weighted by molar-refractivity contribution is -0.137. The number of aliphatic carboxylic acids is 1. The number of carbonyl (C=O) groups excluding carboxylic acids is 1. The number of hydrogen-bond donors (Lipinski definition) is 2. The fourth-order valence-electron chi connectivity index (χ4n) is 3.36. The molecule has 1 saturated heterocycles. The van der Waals surface area contributed by atoms with E-state index in [-0.39, 0.29) is 25.2 Å². The summed E-state index contributed by atoms with van der Waals surface area (Å²) in [5.41, 5.74) is 4.17. The summed E-state index contributed by atoms with van der Waals surface area (Å²) >= 11 is 0. The number of halogens is 3. The Kier molecular flexibility index (Phi) is 6.96. The normalized spacial score (nSPS) is 19.6. The zero-order chi connectivity index (χ0) is 24.5. The Morgan fingerprint density at radius 1 is 1.19 bits per heavy atom. The smallest absolute Gasteiger partial charge is 0.416 e. The predicted octanol–water partition coefficient (Wildman–Crippen LogP) is 4.22. The van der Waals surface area contributed by atoms with Gasteiger partial charge < -0.3 is 20.5 Å². The Morgan fingerprint density at radius 3 is 2.22 bits per heavy atom. The average Bonchev–Trinajstić information content (AvgIpc) is 2.63. The zero-order valence-corrected chi connectivity index (χ0v) is 18.7. The number of aliphatic imine (C=N–C) groups is 1. The van der Waals surface area contributed by atoms with Gasteiger partial charge >= 0.3 is 18.2 Å². The molecule has 1 aliphatic heterocycles. The quantitative estimate of drug-likeness (QED) is 0.664. The summed E-state index contributed by atoms with van der Waals surface area (Å²) in [7, 11) is 0. The number of hydrogen-bond acceptors (Lipinski definition) is 5. The van der Waals surface area contributed by atoms with Crippen LogP contribution in [0.25, 0.3) is 0 Å². The number of benzene rings is 1. The van der Waals surface area contributed by atoms with Crippen LogP contribution in [0.15, 0.2) is 40.5 Å². The average molecular weight is 455 g/mol. The first-order valence-electron chi connectivity index (χ1n) is 9.92. The van der Waals surface area contributed by atoms with Crippen LogP contribution in [0.2, 0.25) is 0 Å². The SMILES string of the molecule is CC(C)(C)OC(=O)N1C/C(=C(/N)C(=O)O)C(=NCc2ccc(C(F)(F)F)cc2)C(C)(C)C1. The van der Waals surface area contributed by atoms with Crippen molar-refractivity contribution < 1.29 is 32.6 Å². The second-order valence-corrected chi connectivity index (χ2v) is 9.28. The summed E-state index contributed by atoms with van der Waals surface area (Å²) in [5, 5.41) is 9.45. The first-order valence-corrected chi connectivity index (χ1v) is 9.92. The van der Waals surface area contributed by atoms with Crippen LogP contribution in [0.3, 0.4) is 0 Å². The van der Waals surface area contributed by atoms with Gasteiger partial charge in [-0.3, -0.25) is 4.99 Å². The molecule has 1 heterocycles. The molecule has 176 valence electrons. The molecule has 1 aromatic rings. The number of piperidine rings is 1. The maximum atomic E-state index is 12.8. The number of amides is 1. The Balaban J connectivity index is 2.39. The van der Waals surface area contributed by atoms with E-state index in [0.717, 1.165) is 12.1 Å². The Hall–Kier alpha value is -3.04. The highest BCUT2D eigenvalue weighted by atomic mass is 19.4. The van der Waals surface area contributed by atoms with Gasteiger partial charge in [0.1, 0.15) is 11.3 Å². The molecule has 0 bridgehead atoms. The van der Waals surface area contributed by atoms with Crippen LogP contribution >= 0.6 is 0 Å². The maximum Gasteiger partial charge on any atom is 0.416 e. The van der Waals surface area contributed by atoms with Crippen LogP contribution < -0.4 is 5.73 Å². The Bertz CT molecular complexity index is 943. The van der Waals surface area contributed by atoms with E-state index in [1.807, 2.05) is 0 Å². The maximum absolute atomic E-state index is 12.8. The molecule has 0 spiro atoms. The number of alkyl halides is 3. The molecule has 0 unspecified atom stereocenters. The Labute approximate surface area is 184 Å². The third kappa shape index (κ3) is 6.24. The molecule has 0 radical (unpaired) electrons. The minimum atomic E-state index is -4.44. The lowest BCUT2D eigenvalue weighted by atomic mass is 9.78. The molecule has 1 aromatic carbocycles. The number of carboxylic acids is 1. The van der Waals surface area contributed by atoms with Crippen molar-refractivity contribution >= 4 is 17.8 Å². The van der Waals surface area contributed by atoms with Gasteiger partial charge in [-0.2, -0.15) is 13.2 Å². The molecule has 1 aliphatic rings. The summed E-state index contributed by atoms with van der Waals surface area (Å²) < 4.78 is 43.7. The van der Waals surface area contributed by atoms with Gasteiger partial charge in [0.25, 0.3) is 0 Å². The first kappa shape index (κ1) is 25.2. The molecule has 1 fully saturated rings. The van der Waals surface area contributed by atoms with E-state index in [1.54, 1.807) is 34.6 Å². The van der Waals surface area contributed by atoms with Crippen molar-refractivity contribution in [3.05, 3.63) is 46.7 Å². The van der Waals surface area contributed by atoms with Gasteiger partial charge in [0.05, 0.1) is 18.7 Å². The third-order valence-corrected chi connectivity index (χ3v) is 4.77. The number of nitrogens with zero attached hydrogens (tertiary/aromatic N) is 2. The second kappa shape index (κ2) is 8.84. The van der Waals surface area contributed by atoms with Crippen LogP contribution in [-0.4, -0.2) is 46.5 Å². The molecule has 0 aliphatic carbocycles. The molecule has 3 N–H and O–H groups in total. The monoisotopic (exact) mass is 455 g/mol. The van der Waals surface area contributed by atoms with E-state index in [0.29, 0.717) is 11.3 Å². The van der Waals surface area contributed by atoms with Crippen LogP contribution in [0.4, 0.5) is 18.0 Å². The standard InChI is InChI=1S/C22H28F3N3O4/c1-20(2,3)32-19(31)28-11-15(16(26)18(29)30)17(21(4,5)12-28)27-10-13-6-8-14(9-7-13)22(23,24)25/h6-9H,10-12,26H2,1-5H3,(H,29,30)/b16-15-,27-17?. The number of rotatable bonds is 3. The van der Waals surface area contributed by atoms with Crippen LogP contribution in [-0.2, 0) is 22.3 Å². The minimum Gasteiger partial charge on any atom is -0.477 e. The topological polar surface area (TPSA) is 105 Å². The highest BCUT2D eigenvalue weighted by Crippen LogP contribution is 2.33. The highest BCUT2D eigenvalue weighted by molar-refractivity contribution is 6.10. The van der Waals surface area contributed by atoms with E-state index in [1.165, 1.54) is 17.0 Å². The van der Waals surface area contributed by atoms with Crippen LogP contribution in [0.5, 0.6) is 0 Å². The van der Waals surface area contributed by atoms with Gasteiger partial charge in [0.2, 0.25) is 0 Å². The van der Waals surface area contributed by atoms with Crippen molar-refractivity contribution in [2.45, 2.75) is 52.9 Å². The zero-order valence-electron chi connectivity index (χ0n) is 18.7. The van der Waals surface area contributed by atoms with Gasteiger partial charge in [-0.05, 0) is 38.5 Å². The van der Waals surface area contributed by atoms with E-state index in [9.17, 15) is 27.9 Å². The molecule has 7 nitrogen and oxygen atoms in total. The summed E-state index contributed by atoms with van der Waals surface area (Å²) in [6.07, 6.45) is -5.05. The van der Waals surface area contributed by atoms with Gasteiger partial charge in [0, 0.05) is 23.2 Å². The van der Waals surface area contributed by atoms with Crippen molar-refractivity contribution in [1.82, 2.24) is 4.90 Å². The number of ether oxygens (including phenoxy) is 1. The molecule has 2 rings (SSSR count). The minimum absolute atomic E-state index is 0.0275. The summed E-state index contributed by atoms with van der Waals surface area (Å²) in [6, 6.07) is 4.57. The van der Waals surface area contributed by atoms with Crippen molar-refractivity contribution in [2.75, 3.05) is 13.1 Å². The summed E-state index contributed by atoms with van der Waals surface area (Å²) in [6.45, 7) is 8.85. The number of nitrogens with two attached hydrogens (primary N) is 1. The van der Waals surface area contributed by atoms with Crippen LogP contribution in [0.1, 0.15) is 45.7 Å². The number of carbonyl (C=O) groups is 2. The van der Waals surface area contributed by atoms with Crippen molar-refractivity contribution in [1.29, 1.82) is 0 Å². The third-order valence-electron chi connectivity index (χ3n) is 4.77. The lowest BCUT2D eigenvalue weighted by Crippen LogP contribution is -2.52. The summed E-state index contributed by atoms with van der Waals surface area (Å²) in [5.74, 6) is -1.36. The fraction of sp³-hybridized carbons (Fsp3) is 0.500. The van der Waals surface area contributed by atoms with Gasteiger partial charge in [-0.25, -0.2) is 9.59 Å². The summed E-state index contributed by atoms with van der Waals surface area (Å²) in [4.78, 5) is 30.1. The molecule has 0 saturated carbocycles. The second-order valence-electron chi connectivity index (χ2n) is 9.28. The Morgan fingerprint density at radius 2 is 1.75 bits per heavy atom. The number of carboxylic acid groups (broad SMARTS) is 1. The van der Waals surface area contributed by atoms with Crippen molar-refractivity contribution in [3.63, 3.8) is 0 Å². The van der Waals surface area contributed by atoms with E-state index < -0.39 is 40.5 Å². The van der Waals surface area contributed by atoms with Gasteiger partial charge in [-0.1, -0.05) is 26.0 Å². The van der Waals surface area contributed by atoms with Crippen molar-refractivity contribution in [3.8, 4) is 0 Å². The lowest BCUT2D eigenvalue weighted by Gasteiger charge is -2.41. The van der Waals surface area contributed by atoms with E-state index in [4.69, 9.17) is 10.5 Å². The molecule has 1 amide bonds. The molecule has 32 heavy (non-hydrogen) atoms. The van der Waals surface area contributed by atoms with Gasteiger partial charge in [0.15, 0.2) is 0 Å². The number of likely N-dealkylation sites (tertiary alicyclic amines) is 1. The first-order chi connectivity index (χ1) is 14.5. The van der Waals surface area contributed by atoms with Crippen LogP contribution in [0, 0.1) is 5.41 Å². The van der Waals surface area contributed by atoms with E-state index in [2.05, 4.69) is 4.99 Å². The highest BCUT2D eigenvalue weighted by Gasteiger charge is 2.40. The fourth-order valence-corrected chi connectivity index (χ4v) is 3.36. The molecular formula is C22H28F3N3O4. The largest absolute Gasteiger partial charge is 0.477 e. The predicted molar refractivity (Wildman–Crippen MR) is 113 cm³/mol. The van der Waals surface area contributed by atoms with Crippen molar-refractivity contribution in [2.24, 2.45) is 16.1 Å². The molecule has 0 atom stereocenters. The van der Waals surface area contributed by atoms with E-state index >= 15 is 0 Å². The molecule has 10 heteroatoms. The molecular weight excluding hydrogens is 427 g/mol. The van der Waals surface area contributed by atoms with Gasteiger partial charge in [-0.15, -0.1) is 0 Å². The molecule has 0 aromatic heterocycles.